The number of carbonyl (C=O) groups excluding carboxylic acids is 1. The predicted octanol–water partition coefficient (Wildman–Crippen LogP) is 7.55. The average Bonchev–Trinajstić information content (AvgIpc) is 3.61. The second-order valence-electron chi connectivity index (χ2n) is 9.14. The van der Waals surface area contributed by atoms with Crippen LogP contribution in [0.4, 0.5) is 18.9 Å². The number of ether oxygens (including phenoxy) is 1. The molecule has 3 unspecified atom stereocenters. The number of nitrogens with zero attached hydrogens (tertiary/aromatic N) is 2. The molecule has 0 aliphatic rings. The maximum atomic E-state index is 14.7. The molecule has 0 saturated carbocycles. The highest BCUT2D eigenvalue weighted by Gasteiger charge is 2.30. The molecule has 0 aliphatic heterocycles. The van der Waals surface area contributed by atoms with Crippen LogP contribution in [0.25, 0.3) is 0 Å². The van der Waals surface area contributed by atoms with Crippen molar-refractivity contribution in [2.45, 2.75) is 57.7 Å². The van der Waals surface area contributed by atoms with Gasteiger partial charge in [-0.3, -0.25) is 4.79 Å². The van der Waals surface area contributed by atoms with Crippen LogP contribution >= 0.6 is 11.3 Å². The lowest BCUT2D eigenvalue weighted by Gasteiger charge is -2.29. The molecule has 3 atom stereocenters. The monoisotopic (exact) mass is 677 g/mol. The minimum absolute atomic E-state index is 0.0521. The highest BCUT2D eigenvalue weighted by Crippen LogP contribution is 2.28. The third-order valence-electron chi connectivity index (χ3n) is 6.33. The summed E-state index contributed by atoms with van der Waals surface area (Å²) in [5, 5.41) is 17.9. The first-order valence-electron chi connectivity index (χ1n) is 14.6. The molecule has 0 radical (unpaired) electrons. The molecular formula is C33H38F3N3O5S2. The van der Waals surface area contributed by atoms with Gasteiger partial charge in [0.15, 0.2) is 23.1 Å². The van der Waals surface area contributed by atoms with Gasteiger partial charge < -0.3 is 15.2 Å². The van der Waals surface area contributed by atoms with Gasteiger partial charge in [0.1, 0.15) is 16.7 Å². The zero-order chi connectivity index (χ0) is 34.2. The number of rotatable bonds is 13. The number of amides is 1. The van der Waals surface area contributed by atoms with Crippen LogP contribution in [-0.4, -0.2) is 45.3 Å². The van der Waals surface area contributed by atoms with Crippen LogP contribution in [0.2, 0.25) is 0 Å². The Morgan fingerprint density at radius 3 is 2.30 bits per heavy atom. The number of aliphatic hydroxyl groups is 1. The number of nitroso groups, excluding NO2 is 1. The van der Waals surface area contributed by atoms with Gasteiger partial charge in [0, 0.05) is 18.0 Å². The van der Waals surface area contributed by atoms with E-state index in [0.717, 1.165) is 4.88 Å². The van der Waals surface area contributed by atoms with Crippen LogP contribution in [0.3, 0.4) is 0 Å². The molecule has 0 fully saturated rings. The standard InChI is InChI=1S/C29H26F3N3O5S2.2C2H6/c1-40-19-9-5-11-21(14-19)42(39)35(16-20-10-6-12-41-20)17-25(36)24(13-18-7-3-2-4-8-18)33-29(37)22-15-23(30)27(32)28(34-38)26(22)31;2*1-2/h2-12,14-15,24-25,36H,13,16-17H2,1H3,(H,33,37);2*1-2H3. The van der Waals surface area contributed by atoms with Crippen molar-refractivity contribution in [3.05, 3.63) is 117 Å². The third kappa shape index (κ3) is 10.3. The van der Waals surface area contributed by atoms with Crippen LogP contribution in [0.15, 0.2) is 88.2 Å². The molecule has 1 heterocycles. The first-order valence-corrected chi connectivity index (χ1v) is 16.6. The fourth-order valence-corrected chi connectivity index (χ4v) is 6.25. The average molecular weight is 678 g/mol. The Bertz CT molecular complexity index is 1560. The summed E-state index contributed by atoms with van der Waals surface area (Å²) >= 11 is 1.43. The molecule has 0 bridgehead atoms. The number of hydrogen-bond donors (Lipinski definition) is 2. The number of thiophene rings is 1. The topological polar surface area (TPSA) is 108 Å². The van der Waals surface area contributed by atoms with Crippen molar-refractivity contribution < 1.29 is 32.0 Å². The van der Waals surface area contributed by atoms with Gasteiger partial charge in [0.25, 0.3) is 5.91 Å². The summed E-state index contributed by atoms with van der Waals surface area (Å²) in [4.78, 5) is 25.3. The Balaban J connectivity index is 0.00000177. The minimum atomic E-state index is -1.82. The first-order chi connectivity index (χ1) is 22.2. The number of hydrogen-bond acceptors (Lipinski definition) is 7. The molecule has 0 saturated heterocycles. The maximum Gasteiger partial charge on any atom is 0.254 e. The molecule has 13 heteroatoms. The zero-order valence-corrected chi connectivity index (χ0v) is 27.8. The number of halogens is 3. The predicted molar refractivity (Wildman–Crippen MR) is 176 cm³/mol. The Labute approximate surface area is 273 Å². The third-order valence-corrected chi connectivity index (χ3v) is 8.59. The minimum Gasteiger partial charge on any atom is -0.497 e. The quantitative estimate of drug-likeness (QED) is 0.112. The van der Waals surface area contributed by atoms with Crippen molar-refractivity contribution >= 4 is 33.9 Å². The highest BCUT2D eigenvalue weighted by molar-refractivity contribution is 7.82. The van der Waals surface area contributed by atoms with E-state index >= 15 is 0 Å². The summed E-state index contributed by atoms with van der Waals surface area (Å²) in [7, 11) is -0.293. The maximum absolute atomic E-state index is 14.7. The SMILES string of the molecule is CC.CC.COc1cccc(S(=O)N(Cc2cccs2)CC(O)C(Cc2ccccc2)NC(=O)c2cc(F)c(F)c(N=O)c2F)c1. The summed E-state index contributed by atoms with van der Waals surface area (Å²) in [6, 6.07) is 18.3. The second-order valence-corrected chi connectivity index (χ2v) is 11.7. The largest absolute Gasteiger partial charge is 0.497 e. The first kappa shape index (κ1) is 38.3. The summed E-state index contributed by atoms with van der Waals surface area (Å²) in [5.41, 5.74) is -1.72. The van der Waals surface area contributed by atoms with Gasteiger partial charge >= 0.3 is 0 Å². The molecule has 3 aromatic carbocycles. The van der Waals surface area contributed by atoms with Crippen molar-refractivity contribution in [1.29, 1.82) is 0 Å². The number of benzene rings is 3. The van der Waals surface area contributed by atoms with Crippen molar-refractivity contribution in [2.24, 2.45) is 5.18 Å². The van der Waals surface area contributed by atoms with Gasteiger partial charge in [-0.25, -0.2) is 21.7 Å². The molecule has 8 nitrogen and oxygen atoms in total. The molecule has 0 aliphatic carbocycles. The summed E-state index contributed by atoms with van der Waals surface area (Å²) in [5.74, 6) is -5.79. The Morgan fingerprint density at radius 1 is 1.00 bits per heavy atom. The Kier molecular flexibility index (Phi) is 16.3. The van der Waals surface area contributed by atoms with Gasteiger partial charge in [-0.05, 0) is 52.9 Å². The lowest BCUT2D eigenvalue weighted by atomic mass is 10.00. The van der Waals surface area contributed by atoms with Crippen molar-refractivity contribution in [3.63, 3.8) is 0 Å². The van der Waals surface area contributed by atoms with E-state index in [1.165, 1.54) is 22.8 Å². The van der Waals surface area contributed by atoms with E-state index in [0.29, 0.717) is 22.3 Å². The molecule has 4 aromatic rings. The van der Waals surface area contributed by atoms with Crippen LogP contribution < -0.4 is 10.1 Å². The van der Waals surface area contributed by atoms with Gasteiger partial charge in [-0.15, -0.1) is 16.2 Å². The van der Waals surface area contributed by atoms with Gasteiger partial charge in [-0.1, -0.05) is 70.2 Å². The second kappa shape index (κ2) is 19.6. The summed E-state index contributed by atoms with van der Waals surface area (Å²) < 4.78 is 63.1. The highest BCUT2D eigenvalue weighted by atomic mass is 32.2. The van der Waals surface area contributed by atoms with E-state index < -0.39 is 57.7 Å². The molecule has 2 N–H and O–H groups in total. The Morgan fingerprint density at radius 2 is 1.70 bits per heavy atom. The van der Waals surface area contributed by atoms with Gasteiger partial charge in [-0.2, -0.15) is 0 Å². The Hall–Kier alpha value is -3.91. The normalized spacial score (nSPS) is 12.5. The van der Waals surface area contributed by atoms with Crippen LogP contribution in [-0.2, 0) is 24.0 Å². The number of carbonyl (C=O) groups is 1. The molecule has 0 spiro atoms. The van der Waals surface area contributed by atoms with Crippen molar-refractivity contribution in [1.82, 2.24) is 9.62 Å². The van der Waals surface area contributed by atoms with Crippen LogP contribution in [0.1, 0.15) is 48.5 Å². The molecule has 46 heavy (non-hydrogen) atoms. The van der Waals surface area contributed by atoms with Crippen LogP contribution in [0.5, 0.6) is 5.75 Å². The number of aliphatic hydroxyl groups excluding tert-OH is 1. The van der Waals surface area contributed by atoms with E-state index in [9.17, 15) is 32.2 Å². The van der Waals surface area contributed by atoms with Crippen LogP contribution in [0, 0.1) is 22.4 Å². The number of methoxy groups -OCH3 is 1. The van der Waals surface area contributed by atoms with E-state index in [1.807, 2.05) is 45.2 Å². The van der Waals surface area contributed by atoms with Crippen molar-refractivity contribution in [2.75, 3.05) is 13.7 Å². The van der Waals surface area contributed by atoms with Crippen molar-refractivity contribution in [3.8, 4) is 5.75 Å². The molecule has 4 rings (SSSR count). The van der Waals surface area contributed by atoms with E-state index in [1.54, 1.807) is 54.6 Å². The fraction of sp³-hybridized carbons (Fsp3) is 0.303. The van der Waals surface area contributed by atoms with Gasteiger partial charge in [0.05, 0.1) is 29.7 Å². The molecule has 1 aromatic heterocycles. The zero-order valence-electron chi connectivity index (χ0n) is 26.2. The summed E-state index contributed by atoms with van der Waals surface area (Å²) in [6.45, 7) is 7.98. The van der Waals surface area contributed by atoms with E-state index in [4.69, 9.17) is 4.74 Å². The summed E-state index contributed by atoms with van der Waals surface area (Å²) in [6.07, 6.45) is -1.32. The molecular weight excluding hydrogens is 640 g/mol. The molecule has 248 valence electrons. The number of nitrogens with one attached hydrogen (secondary N) is 1. The fourth-order valence-electron chi connectivity index (χ4n) is 4.20. The van der Waals surface area contributed by atoms with E-state index in [2.05, 4.69) is 10.5 Å². The smallest absolute Gasteiger partial charge is 0.254 e. The van der Waals surface area contributed by atoms with Gasteiger partial charge in [0.2, 0.25) is 0 Å². The van der Waals surface area contributed by atoms with E-state index in [-0.39, 0.29) is 19.5 Å². The lowest BCUT2D eigenvalue weighted by Crippen LogP contribution is -2.49. The lowest BCUT2D eigenvalue weighted by molar-refractivity contribution is 0.0779. The molecule has 1 amide bonds.